The Hall–Kier alpha value is -4.40. The number of amides is 2. The zero-order valence-corrected chi connectivity index (χ0v) is 27.0. The first-order valence-corrected chi connectivity index (χ1v) is 15.9. The van der Waals surface area contributed by atoms with Gasteiger partial charge in [-0.2, -0.15) is 0 Å². The molecule has 1 heterocycles. The molecule has 0 radical (unpaired) electrons. The molecule has 1 aromatic heterocycles. The van der Waals surface area contributed by atoms with Crippen LogP contribution in [-0.2, 0) is 0 Å². The monoisotopic (exact) mass is 599 g/mol. The van der Waals surface area contributed by atoms with Crippen LogP contribution in [0.4, 0.5) is 17.3 Å². The summed E-state index contributed by atoms with van der Waals surface area (Å²) in [4.78, 5) is 36.0. The molecule has 0 aliphatic heterocycles. The number of rotatable bonds is 13. The lowest BCUT2D eigenvalue weighted by Crippen LogP contribution is -2.40. The van der Waals surface area contributed by atoms with Gasteiger partial charge in [0.25, 0.3) is 11.8 Å². The maximum Gasteiger partial charge on any atom is 0.271 e. The van der Waals surface area contributed by atoms with Crippen LogP contribution in [0.15, 0.2) is 61.3 Å². The van der Waals surface area contributed by atoms with Gasteiger partial charge in [-0.05, 0) is 75.3 Å². The van der Waals surface area contributed by atoms with Crippen LogP contribution in [0.3, 0.4) is 0 Å². The van der Waals surface area contributed by atoms with Crippen molar-refractivity contribution in [3.63, 3.8) is 0 Å². The van der Waals surface area contributed by atoms with E-state index in [0.29, 0.717) is 17.2 Å². The van der Waals surface area contributed by atoms with Gasteiger partial charge in [0.05, 0.1) is 6.20 Å². The van der Waals surface area contributed by atoms with Gasteiger partial charge in [-0.15, -0.1) is 0 Å². The molecule has 4 rings (SSSR count). The lowest BCUT2D eigenvalue weighted by Gasteiger charge is -2.30. The van der Waals surface area contributed by atoms with E-state index in [1.807, 2.05) is 69.3 Å². The number of hydrogen-bond donors (Lipinski definition) is 4. The number of primary amides is 1. The van der Waals surface area contributed by atoms with E-state index < -0.39 is 5.91 Å². The Balaban J connectivity index is 0.00000259. The van der Waals surface area contributed by atoms with Crippen LogP contribution in [0.5, 0.6) is 0 Å². The van der Waals surface area contributed by atoms with Crippen LogP contribution in [0.25, 0.3) is 5.70 Å². The van der Waals surface area contributed by atoms with Gasteiger partial charge < -0.3 is 26.6 Å². The van der Waals surface area contributed by atoms with E-state index in [1.165, 1.54) is 0 Å². The summed E-state index contributed by atoms with van der Waals surface area (Å²) >= 11 is 0. The summed E-state index contributed by atoms with van der Waals surface area (Å²) in [6.07, 6.45) is 7.13. The third-order valence-corrected chi connectivity index (χ3v) is 7.58. The van der Waals surface area contributed by atoms with Crippen molar-refractivity contribution in [1.29, 1.82) is 0 Å². The number of nitrogens with two attached hydrogens (primary N) is 1. The SMILES string of the molecule is C=C(c1ccc(Nc2nc(NC3CCC(NC(=O)c4ccc(C)cc4)CC3)cnc2C(N)=O)cc1)N(CCC)CCC.CC. The molecule has 1 saturated carbocycles. The largest absolute Gasteiger partial charge is 0.372 e. The Morgan fingerprint density at radius 3 is 2.05 bits per heavy atom. The molecule has 0 spiro atoms. The van der Waals surface area contributed by atoms with Crippen LogP contribution in [0.2, 0.25) is 0 Å². The highest BCUT2D eigenvalue weighted by Crippen LogP contribution is 2.26. The molecule has 5 N–H and O–H groups in total. The van der Waals surface area contributed by atoms with Crippen LogP contribution >= 0.6 is 0 Å². The quantitative estimate of drug-likeness (QED) is 0.168. The zero-order valence-electron chi connectivity index (χ0n) is 27.0. The second kappa shape index (κ2) is 17.0. The van der Waals surface area contributed by atoms with Gasteiger partial charge in [0.1, 0.15) is 5.82 Å². The molecule has 1 fully saturated rings. The second-order valence-electron chi connectivity index (χ2n) is 11.0. The third kappa shape index (κ3) is 9.56. The van der Waals surface area contributed by atoms with E-state index in [2.05, 4.69) is 51.2 Å². The van der Waals surface area contributed by atoms with Gasteiger partial charge >= 0.3 is 0 Å². The average molecular weight is 600 g/mol. The molecule has 2 aromatic carbocycles. The van der Waals surface area contributed by atoms with Gasteiger partial charge in [0, 0.05) is 42.1 Å². The Kier molecular flexibility index (Phi) is 13.2. The van der Waals surface area contributed by atoms with E-state index in [4.69, 9.17) is 5.73 Å². The number of nitrogens with one attached hydrogen (secondary N) is 3. The van der Waals surface area contributed by atoms with E-state index in [1.54, 1.807) is 6.20 Å². The lowest BCUT2D eigenvalue weighted by atomic mass is 9.91. The van der Waals surface area contributed by atoms with Crippen molar-refractivity contribution in [2.45, 2.75) is 85.2 Å². The summed E-state index contributed by atoms with van der Waals surface area (Å²) in [6.45, 7) is 16.6. The van der Waals surface area contributed by atoms with Crippen molar-refractivity contribution in [2.75, 3.05) is 23.7 Å². The molecule has 2 amide bonds. The molecule has 9 nitrogen and oxygen atoms in total. The molecule has 0 unspecified atom stereocenters. The average Bonchev–Trinajstić information content (AvgIpc) is 3.03. The van der Waals surface area contributed by atoms with Crippen molar-refractivity contribution in [3.05, 3.63) is 83.7 Å². The van der Waals surface area contributed by atoms with E-state index >= 15 is 0 Å². The first-order valence-electron chi connectivity index (χ1n) is 15.9. The first-order chi connectivity index (χ1) is 21.3. The molecule has 44 heavy (non-hydrogen) atoms. The van der Waals surface area contributed by atoms with Crippen molar-refractivity contribution in [3.8, 4) is 0 Å². The Morgan fingerprint density at radius 1 is 0.909 bits per heavy atom. The molecular formula is C35H49N7O2. The fourth-order valence-corrected chi connectivity index (χ4v) is 5.28. The number of benzene rings is 2. The highest BCUT2D eigenvalue weighted by Gasteiger charge is 2.24. The molecule has 0 saturated heterocycles. The molecule has 3 aromatic rings. The minimum Gasteiger partial charge on any atom is -0.372 e. The highest BCUT2D eigenvalue weighted by atomic mass is 16.2. The molecular weight excluding hydrogens is 550 g/mol. The van der Waals surface area contributed by atoms with Gasteiger partial charge in [-0.25, -0.2) is 9.97 Å². The number of anilines is 3. The number of carbonyl (C=O) groups excluding carboxylic acids is 2. The summed E-state index contributed by atoms with van der Waals surface area (Å²) in [6, 6.07) is 15.8. The standard InChI is InChI=1S/C33H43N7O2.C2H6/c1-5-19-40(20-6-2)23(4)24-11-13-27(14-12-24)37-32-30(31(34)41)35-21-29(39-32)36-26-15-17-28(18-16-26)38-33(42)25-9-7-22(3)8-10-25;1-2/h7-14,21,26,28H,4-6,15-20H2,1-3H3,(H2,34,41)(H,38,42)(H2,36,37,39);1-2H3. The minimum atomic E-state index is -0.652. The predicted molar refractivity (Wildman–Crippen MR) is 181 cm³/mol. The van der Waals surface area contributed by atoms with Crippen molar-refractivity contribution >= 4 is 34.8 Å². The smallest absolute Gasteiger partial charge is 0.271 e. The number of carbonyl (C=O) groups is 2. The van der Waals surface area contributed by atoms with Crippen LogP contribution in [0, 0.1) is 6.92 Å². The predicted octanol–water partition coefficient (Wildman–Crippen LogP) is 6.90. The van der Waals surface area contributed by atoms with Crippen LogP contribution in [0.1, 0.15) is 98.2 Å². The maximum atomic E-state index is 12.6. The van der Waals surface area contributed by atoms with Gasteiger partial charge in [-0.3, -0.25) is 9.59 Å². The number of hydrogen-bond acceptors (Lipinski definition) is 7. The zero-order chi connectivity index (χ0) is 32.1. The molecule has 1 aliphatic carbocycles. The number of aromatic nitrogens is 2. The molecule has 236 valence electrons. The normalized spacial score (nSPS) is 15.8. The van der Waals surface area contributed by atoms with Gasteiger partial charge in [-0.1, -0.05) is 64.1 Å². The topological polar surface area (TPSA) is 125 Å². The van der Waals surface area contributed by atoms with E-state index in [-0.39, 0.29) is 23.7 Å². The maximum absolute atomic E-state index is 12.6. The lowest BCUT2D eigenvalue weighted by molar-refractivity contribution is 0.0925. The number of aryl methyl sites for hydroxylation is 1. The van der Waals surface area contributed by atoms with Crippen molar-refractivity contribution < 1.29 is 9.59 Å². The van der Waals surface area contributed by atoms with Crippen LogP contribution in [-0.4, -0.2) is 51.9 Å². The summed E-state index contributed by atoms with van der Waals surface area (Å²) < 4.78 is 0. The number of nitrogens with zero attached hydrogens (tertiary/aromatic N) is 3. The molecule has 0 atom stereocenters. The van der Waals surface area contributed by atoms with E-state index in [9.17, 15) is 9.59 Å². The van der Waals surface area contributed by atoms with Crippen molar-refractivity contribution in [1.82, 2.24) is 20.2 Å². The van der Waals surface area contributed by atoms with Crippen LogP contribution < -0.4 is 21.7 Å². The second-order valence-corrected chi connectivity index (χ2v) is 11.0. The first kappa shape index (κ1) is 34.1. The minimum absolute atomic E-state index is 0.0355. The van der Waals surface area contributed by atoms with Gasteiger partial charge in [0.15, 0.2) is 11.5 Å². The molecule has 0 bridgehead atoms. The summed E-state index contributed by atoms with van der Waals surface area (Å²) in [5.74, 6) is 0.180. The fraction of sp³-hybridized carbons (Fsp3) is 0.429. The molecule has 9 heteroatoms. The Bertz CT molecular complexity index is 1360. The summed E-state index contributed by atoms with van der Waals surface area (Å²) in [7, 11) is 0. The molecule has 1 aliphatic rings. The third-order valence-electron chi connectivity index (χ3n) is 7.58. The van der Waals surface area contributed by atoms with E-state index in [0.717, 1.165) is 74.1 Å². The highest BCUT2D eigenvalue weighted by molar-refractivity contribution is 5.96. The fourth-order valence-electron chi connectivity index (χ4n) is 5.28. The van der Waals surface area contributed by atoms with Crippen molar-refractivity contribution in [2.24, 2.45) is 5.73 Å². The summed E-state index contributed by atoms with van der Waals surface area (Å²) in [5, 5.41) is 9.83. The summed E-state index contributed by atoms with van der Waals surface area (Å²) in [5.41, 5.74) is 10.3. The Labute approximate surface area is 262 Å². The Morgan fingerprint density at radius 2 is 1.48 bits per heavy atom. The van der Waals surface area contributed by atoms with Gasteiger partial charge in [0.2, 0.25) is 0 Å².